The van der Waals surface area contributed by atoms with Gasteiger partial charge in [-0.25, -0.2) is 0 Å². The van der Waals surface area contributed by atoms with Crippen LogP contribution in [0.25, 0.3) is 11.5 Å². The highest BCUT2D eigenvalue weighted by Crippen LogP contribution is 2.25. The number of carbonyl (C=O) groups is 1. The third kappa shape index (κ3) is 4.80. The third-order valence-electron chi connectivity index (χ3n) is 5.06. The SMILES string of the molecule is Cc1cccc(OCC(=O)NC(c2ccccc2)c2nnc(-c3ccccc3)o2)c1C. The van der Waals surface area contributed by atoms with Crippen molar-refractivity contribution in [1.82, 2.24) is 15.5 Å². The van der Waals surface area contributed by atoms with Crippen LogP contribution in [-0.4, -0.2) is 22.7 Å². The molecule has 1 heterocycles. The molecule has 4 aromatic rings. The Morgan fingerprint density at radius 1 is 0.935 bits per heavy atom. The molecule has 4 rings (SSSR count). The van der Waals surface area contributed by atoms with E-state index in [0.29, 0.717) is 17.5 Å². The van der Waals surface area contributed by atoms with Crippen molar-refractivity contribution < 1.29 is 13.9 Å². The molecule has 1 aromatic heterocycles. The van der Waals surface area contributed by atoms with Gasteiger partial charge < -0.3 is 14.5 Å². The standard InChI is InChI=1S/C25H23N3O3/c1-17-10-9-15-21(18(17)2)30-16-22(29)26-23(19-11-5-3-6-12-19)25-28-27-24(31-25)20-13-7-4-8-14-20/h3-15,23H,16H2,1-2H3,(H,26,29). The molecule has 6 heteroatoms. The van der Waals surface area contributed by atoms with Gasteiger partial charge >= 0.3 is 0 Å². The number of nitrogens with zero attached hydrogens (tertiary/aromatic N) is 2. The van der Waals surface area contributed by atoms with Gasteiger partial charge in [-0.3, -0.25) is 4.79 Å². The minimum atomic E-state index is -0.583. The van der Waals surface area contributed by atoms with Gasteiger partial charge in [0.15, 0.2) is 6.61 Å². The summed E-state index contributed by atoms with van der Waals surface area (Å²) in [7, 11) is 0. The molecule has 0 aliphatic rings. The lowest BCUT2D eigenvalue weighted by Gasteiger charge is -2.16. The molecule has 1 N–H and O–H groups in total. The average molecular weight is 413 g/mol. The zero-order chi connectivity index (χ0) is 21.6. The van der Waals surface area contributed by atoms with Crippen LogP contribution in [0.1, 0.15) is 28.6 Å². The van der Waals surface area contributed by atoms with Crippen LogP contribution < -0.4 is 10.1 Å². The molecule has 0 spiro atoms. The van der Waals surface area contributed by atoms with E-state index in [2.05, 4.69) is 15.5 Å². The quantitative estimate of drug-likeness (QED) is 0.478. The zero-order valence-corrected chi connectivity index (χ0v) is 17.4. The molecule has 0 aliphatic heterocycles. The van der Waals surface area contributed by atoms with Crippen LogP contribution in [-0.2, 0) is 4.79 Å². The first-order valence-electron chi connectivity index (χ1n) is 10.0. The number of carbonyl (C=O) groups excluding carboxylic acids is 1. The molecule has 0 aliphatic carbocycles. The van der Waals surface area contributed by atoms with Gasteiger partial charge in [-0.05, 0) is 48.7 Å². The van der Waals surface area contributed by atoms with Crippen LogP contribution in [0, 0.1) is 13.8 Å². The summed E-state index contributed by atoms with van der Waals surface area (Å²) in [6, 6.07) is 24.2. The second kappa shape index (κ2) is 9.26. The monoisotopic (exact) mass is 413 g/mol. The Kier molecular flexibility index (Phi) is 6.08. The summed E-state index contributed by atoms with van der Waals surface area (Å²) in [5, 5.41) is 11.3. The average Bonchev–Trinajstić information content (AvgIpc) is 3.30. The number of hydrogen-bond acceptors (Lipinski definition) is 5. The molecule has 3 aromatic carbocycles. The molecular formula is C25H23N3O3. The predicted octanol–water partition coefficient (Wildman–Crippen LogP) is 4.64. The molecular weight excluding hydrogens is 390 g/mol. The van der Waals surface area contributed by atoms with E-state index in [1.165, 1.54) is 0 Å². The van der Waals surface area contributed by atoms with E-state index >= 15 is 0 Å². The smallest absolute Gasteiger partial charge is 0.258 e. The highest BCUT2D eigenvalue weighted by atomic mass is 16.5. The fourth-order valence-electron chi connectivity index (χ4n) is 3.21. The maximum Gasteiger partial charge on any atom is 0.258 e. The summed E-state index contributed by atoms with van der Waals surface area (Å²) < 4.78 is 11.7. The van der Waals surface area contributed by atoms with Crippen LogP contribution in [0.5, 0.6) is 5.75 Å². The lowest BCUT2D eigenvalue weighted by molar-refractivity contribution is -0.123. The van der Waals surface area contributed by atoms with Crippen molar-refractivity contribution in [2.45, 2.75) is 19.9 Å². The molecule has 0 radical (unpaired) electrons. The summed E-state index contributed by atoms with van der Waals surface area (Å²) in [6.45, 7) is 3.86. The molecule has 156 valence electrons. The topological polar surface area (TPSA) is 77.2 Å². The molecule has 1 amide bonds. The highest BCUT2D eigenvalue weighted by Gasteiger charge is 2.23. The molecule has 0 bridgehead atoms. The molecule has 1 atom stereocenters. The van der Waals surface area contributed by atoms with Gasteiger partial charge in [0.05, 0.1) is 0 Å². The van der Waals surface area contributed by atoms with E-state index < -0.39 is 6.04 Å². The van der Waals surface area contributed by atoms with Gasteiger partial charge in [0.2, 0.25) is 11.8 Å². The van der Waals surface area contributed by atoms with Gasteiger partial charge in [0, 0.05) is 5.56 Å². The summed E-state index contributed by atoms with van der Waals surface area (Å²) in [5.41, 5.74) is 3.78. The van der Waals surface area contributed by atoms with Crippen molar-refractivity contribution in [3.8, 4) is 17.2 Å². The van der Waals surface area contributed by atoms with Crippen molar-refractivity contribution in [2.24, 2.45) is 0 Å². The van der Waals surface area contributed by atoms with Gasteiger partial charge in [-0.15, -0.1) is 10.2 Å². The second-order valence-electron chi connectivity index (χ2n) is 7.21. The summed E-state index contributed by atoms with van der Waals surface area (Å²) in [6.07, 6.45) is 0. The van der Waals surface area contributed by atoms with Crippen LogP contribution in [0.4, 0.5) is 0 Å². The molecule has 0 fully saturated rings. The third-order valence-corrected chi connectivity index (χ3v) is 5.06. The molecule has 6 nitrogen and oxygen atoms in total. The molecule has 0 saturated heterocycles. The first-order valence-corrected chi connectivity index (χ1v) is 10.0. The number of amides is 1. The summed E-state index contributed by atoms with van der Waals surface area (Å²) in [4.78, 5) is 12.7. The Morgan fingerprint density at radius 3 is 2.39 bits per heavy atom. The largest absolute Gasteiger partial charge is 0.483 e. The number of aromatic nitrogens is 2. The lowest BCUT2D eigenvalue weighted by Crippen LogP contribution is -2.33. The Bertz CT molecular complexity index is 1160. The van der Waals surface area contributed by atoms with Crippen LogP contribution in [0.2, 0.25) is 0 Å². The Morgan fingerprint density at radius 2 is 1.65 bits per heavy atom. The Balaban J connectivity index is 1.53. The number of hydrogen-bond donors (Lipinski definition) is 1. The Hall–Kier alpha value is -3.93. The molecule has 31 heavy (non-hydrogen) atoms. The number of benzene rings is 3. The summed E-state index contributed by atoms with van der Waals surface area (Å²) >= 11 is 0. The van der Waals surface area contributed by atoms with Crippen molar-refractivity contribution in [3.63, 3.8) is 0 Å². The number of ether oxygens (including phenoxy) is 1. The zero-order valence-electron chi connectivity index (χ0n) is 17.4. The fourth-order valence-corrected chi connectivity index (χ4v) is 3.21. The number of nitrogens with one attached hydrogen (secondary N) is 1. The van der Waals surface area contributed by atoms with E-state index in [-0.39, 0.29) is 12.5 Å². The lowest BCUT2D eigenvalue weighted by atomic mass is 10.1. The molecule has 0 saturated carbocycles. The van der Waals surface area contributed by atoms with E-state index in [4.69, 9.17) is 9.15 Å². The minimum absolute atomic E-state index is 0.118. The predicted molar refractivity (Wildman–Crippen MR) is 118 cm³/mol. The second-order valence-corrected chi connectivity index (χ2v) is 7.21. The Labute approximate surface area is 180 Å². The van der Waals surface area contributed by atoms with Crippen LogP contribution in [0.3, 0.4) is 0 Å². The van der Waals surface area contributed by atoms with Crippen molar-refractivity contribution >= 4 is 5.91 Å². The van der Waals surface area contributed by atoms with Crippen LogP contribution >= 0.6 is 0 Å². The number of rotatable bonds is 7. The van der Waals surface area contributed by atoms with Gasteiger partial charge in [-0.1, -0.05) is 60.7 Å². The maximum atomic E-state index is 12.7. The van der Waals surface area contributed by atoms with Gasteiger partial charge in [0.1, 0.15) is 11.8 Å². The van der Waals surface area contributed by atoms with Crippen LogP contribution in [0.15, 0.2) is 83.3 Å². The van der Waals surface area contributed by atoms with Crippen molar-refractivity contribution in [1.29, 1.82) is 0 Å². The van der Waals surface area contributed by atoms with Crippen molar-refractivity contribution in [2.75, 3.05) is 6.61 Å². The number of aryl methyl sites for hydroxylation is 1. The fraction of sp³-hybridized carbons (Fsp3) is 0.160. The van der Waals surface area contributed by atoms with Gasteiger partial charge in [-0.2, -0.15) is 0 Å². The minimum Gasteiger partial charge on any atom is -0.483 e. The van der Waals surface area contributed by atoms with Gasteiger partial charge in [0.25, 0.3) is 5.91 Å². The van der Waals surface area contributed by atoms with E-state index in [1.54, 1.807) is 0 Å². The van der Waals surface area contributed by atoms with E-state index in [9.17, 15) is 4.79 Å². The summed E-state index contributed by atoms with van der Waals surface area (Å²) in [5.74, 6) is 1.12. The maximum absolute atomic E-state index is 12.7. The van der Waals surface area contributed by atoms with E-state index in [1.807, 2.05) is 92.7 Å². The van der Waals surface area contributed by atoms with Crippen molar-refractivity contribution in [3.05, 3.63) is 101 Å². The normalized spacial score (nSPS) is 11.7. The first kappa shape index (κ1) is 20.3. The van der Waals surface area contributed by atoms with E-state index in [0.717, 1.165) is 22.3 Å². The molecule has 1 unspecified atom stereocenters. The first-order chi connectivity index (χ1) is 15.1. The highest BCUT2D eigenvalue weighted by molar-refractivity contribution is 5.78.